The Hall–Kier alpha value is -2.26. The molecule has 0 spiro atoms. The van der Waals surface area contributed by atoms with Crippen LogP contribution in [-0.4, -0.2) is 45.1 Å². The van der Waals surface area contributed by atoms with E-state index in [1.807, 2.05) is 6.07 Å². The van der Waals surface area contributed by atoms with E-state index >= 15 is 0 Å². The van der Waals surface area contributed by atoms with Gasteiger partial charge in [-0.1, -0.05) is 12.1 Å². The van der Waals surface area contributed by atoms with Crippen LogP contribution in [0.1, 0.15) is 17.7 Å². The zero-order valence-electron chi connectivity index (χ0n) is 14.9. The topological polar surface area (TPSA) is 90.4 Å². The average molecular weight is 430 g/mol. The van der Waals surface area contributed by atoms with Crippen molar-refractivity contribution in [2.24, 2.45) is 0 Å². The van der Waals surface area contributed by atoms with Crippen molar-refractivity contribution in [2.45, 2.75) is 19.0 Å². The summed E-state index contributed by atoms with van der Waals surface area (Å²) in [7, 11) is 0. The van der Waals surface area contributed by atoms with Gasteiger partial charge < -0.3 is 5.32 Å². The fourth-order valence-corrected chi connectivity index (χ4v) is 2.89. The molecule has 3 N–H and O–H groups in total. The van der Waals surface area contributed by atoms with Crippen LogP contribution in [0.5, 0.6) is 0 Å². The number of hydrogen-bond donors (Lipinski definition) is 3. The predicted octanol–water partition coefficient (Wildman–Crippen LogP) is 2.66. The quantitative estimate of drug-likeness (QED) is 0.371. The number of hydrogen-bond acceptors (Lipinski definition) is 6. The number of nitrogens with zero attached hydrogens (tertiary/aromatic N) is 3. The van der Waals surface area contributed by atoms with Crippen molar-refractivity contribution in [1.82, 2.24) is 20.3 Å². The molecule has 0 unspecified atom stereocenters. The summed E-state index contributed by atoms with van der Waals surface area (Å²) in [6, 6.07) is 6.92. The lowest BCUT2D eigenvalue weighted by molar-refractivity contribution is -0.124. The second kappa shape index (κ2) is 11.6. The number of rotatable bonds is 6. The Morgan fingerprint density at radius 2 is 2.14 bits per heavy atom. The fraction of sp³-hybridized carbons (Fsp3) is 0.278. The van der Waals surface area contributed by atoms with Crippen LogP contribution in [0.2, 0.25) is 0 Å². The smallest absolute Gasteiger partial charge is 0.267 e. The molecule has 1 amide bonds. The number of aromatic nitrogens is 2. The van der Waals surface area contributed by atoms with Crippen molar-refractivity contribution in [3.63, 3.8) is 0 Å². The van der Waals surface area contributed by atoms with E-state index < -0.39 is 5.91 Å². The predicted molar refractivity (Wildman–Crippen MR) is 109 cm³/mol. The van der Waals surface area contributed by atoms with Gasteiger partial charge in [0.25, 0.3) is 5.91 Å². The van der Waals surface area contributed by atoms with E-state index in [9.17, 15) is 9.18 Å². The fourth-order valence-electron chi connectivity index (χ4n) is 2.89. The molecule has 1 atom stereocenters. The first kappa shape index (κ1) is 23.8. The van der Waals surface area contributed by atoms with E-state index in [4.69, 9.17) is 5.21 Å². The van der Waals surface area contributed by atoms with Gasteiger partial charge in [-0.3, -0.25) is 19.9 Å². The second-order valence-corrected chi connectivity index (χ2v) is 6.13. The Balaban J connectivity index is 0.00000196. The van der Waals surface area contributed by atoms with Gasteiger partial charge in [0.15, 0.2) is 0 Å². The molecule has 1 aromatic carbocycles. The number of benzene rings is 1. The van der Waals surface area contributed by atoms with Crippen molar-refractivity contribution in [1.29, 1.82) is 0 Å². The highest BCUT2D eigenvalue weighted by Crippen LogP contribution is 2.17. The summed E-state index contributed by atoms with van der Waals surface area (Å²) in [4.78, 5) is 21.7. The maximum absolute atomic E-state index is 13.3. The molecule has 10 heteroatoms. The van der Waals surface area contributed by atoms with E-state index in [2.05, 4.69) is 20.2 Å². The summed E-state index contributed by atoms with van der Waals surface area (Å²) in [6.45, 7) is 2.49. The Kier molecular flexibility index (Phi) is 9.81. The van der Waals surface area contributed by atoms with Crippen molar-refractivity contribution in [3.05, 3.63) is 59.8 Å². The summed E-state index contributed by atoms with van der Waals surface area (Å²) in [6.07, 6.45) is 6.74. The highest BCUT2D eigenvalue weighted by molar-refractivity contribution is 5.90. The third kappa shape index (κ3) is 7.05. The van der Waals surface area contributed by atoms with Crippen LogP contribution >= 0.6 is 24.8 Å². The van der Waals surface area contributed by atoms with Crippen LogP contribution in [0.4, 0.5) is 10.2 Å². The highest BCUT2D eigenvalue weighted by Gasteiger charge is 2.22. The lowest BCUT2D eigenvalue weighted by atomic mass is 10.2. The first-order valence-electron chi connectivity index (χ1n) is 8.30. The zero-order chi connectivity index (χ0) is 18.4. The summed E-state index contributed by atoms with van der Waals surface area (Å²) < 4.78 is 13.3. The SMILES string of the molecule is Cl.Cl.O=C(C=Cc1cnc(N[C@@H]2CCN(Cc3cccc(F)c3)C2)cn1)NO. The number of nitrogens with one attached hydrogen (secondary N) is 2. The minimum absolute atomic E-state index is 0. The molecule has 0 radical (unpaired) electrons. The van der Waals surface area contributed by atoms with Gasteiger partial charge in [-0.05, 0) is 30.2 Å². The standard InChI is InChI=1S/C18H20FN5O2.2ClH/c19-14-3-1-2-13(8-14)11-24-7-6-16(12-24)22-17-10-20-15(9-21-17)4-5-18(25)23-26;;/h1-5,8-10,16,26H,6-7,11-12H2,(H,21,22)(H,23,25);2*1H/t16-;;/m1../s1. The minimum atomic E-state index is -0.627. The van der Waals surface area contributed by atoms with Crippen LogP contribution in [-0.2, 0) is 11.3 Å². The van der Waals surface area contributed by atoms with Crippen LogP contribution in [0, 0.1) is 5.82 Å². The molecule has 3 rings (SSSR count). The summed E-state index contributed by atoms with van der Waals surface area (Å²) >= 11 is 0. The third-order valence-electron chi connectivity index (χ3n) is 4.11. The van der Waals surface area contributed by atoms with Crippen molar-refractivity contribution in [3.8, 4) is 0 Å². The average Bonchev–Trinajstić information content (AvgIpc) is 3.07. The molecule has 1 fully saturated rings. The number of amides is 1. The number of carbonyl (C=O) groups is 1. The monoisotopic (exact) mass is 429 g/mol. The summed E-state index contributed by atoms with van der Waals surface area (Å²) in [5.41, 5.74) is 2.99. The van der Waals surface area contributed by atoms with Crippen molar-refractivity contribution >= 4 is 42.6 Å². The maximum Gasteiger partial charge on any atom is 0.267 e. The Labute approximate surface area is 174 Å². The molecule has 28 heavy (non-hydrogen) atoms. The molecule has 7 nitrogen and oxygen atoms in total. The first-order chi connectivity index (χ1) is 12.6. The molecule has 0 aliphatic carbocycles. The van der Waals surface area contributed by atoms with E-state index in [0.29, 0.717) is 11.5 Å². The summed E-state index contributed by atoms with van der Waals surface area (Å²) in [5.74, 6) is -0.179. The normalized spacial score (nSPS) is 16.3. The zero-order valence-corrected chi connectivity index (χ0v) is 16.5. The van der Waals surface area contributed by atoms with Crippen LogP contribution in [0.15, 0.2) is 42.7 Å². The molecule has 1 aliphatic heterocycles. The molecule has 1 aliphatic rings. The van der Waals surface area contributed by atoms with E-state index in [1.165, 1.54) is 23.7 Å². The molecule has 1 saturated heterocycles. The van der Waals surface area contributed by atoms with E-state index in [0.717, 1.165) is 31.6 Å². The number of halogens is 3. The Morgan fingerprint density at radius 1 is 1.32 bits per heavy atom. The van der Waals surface area contributed by atoms with E-state index in [1.54, 1.807) is 24.5 Å². The molecule has 0 saturated carbocycles. The number of carbonyl (C=O) groups excluding carboxylic acids is 1. The van der Waals surface area contributed by atoms with Gasteiger partial charge in [-0.2, -0.15) is 0 Å². The van der Waals surface area contributed by atoms with Crippen LogP contribution in [0.3, 0.4) is 0 Å². The van der Waals surface area contributed by atoms with Gasteiger partial charge in [0.05, 0.1) is 18.1 Å². The molecular weight excluding hydrogens is 408 g/mol. The van der Waals surface area contributed by atoms with Crippen LogP contribution in [0.25, 0.3) is 6.08 Å². The minimum Gasteiger partial charge on any atom is -0.365 e. The van der Waals surface area contributed by atoms with Crippen LogP contribution < -0.4 is 10.8 Å². The first-order valence-corrected chi connectivity index (χ1v) is 8.30. The largest absolute Gasteiger partial charge is 0.365 e. The molecule has 152 valence electrons. The third-order valence-corrected chi connectivity index (χ3v) is 4.11. The molecule has 2 aromatic rings. The van der Waals surface area contributed by atoms with Gasteiger partial charge in [0.2, 0.25) is 0 Å². The number of likely N-dealkylation sites (tertiary alicyclic amines) is 1. The lowest BCUT2D eigenvalue weighted by Crippen LogP contribution is -2.26. The van der Waals surface area contributed by atoms with Gasteiger partial charge >= 0.3 is 0 Å². The molecular formula is C18H22Cl2FN5O2. The number of hydroxylamine groups is 1. The van der Waals surface area contributed by atoms with Gasteiger partial charge in [-0.15, -0.1) is 24.8 Å². The molecule has 2 heterocycles. The van der Waals surface area contributed by atoms with E-state index in [-0.39, 0.29) is 36.7 Å². The lowest BCUT2D eigenvalue weighted by Gasteiger charge is -2.17. The molecule has 0 bridgehead atoms. The highest BCUT2D eigenvalue weighted by atomic mass is 35.5. The second-order valence-electron chi connectivity index (χ2n) is 6.13. The maximum atomic E-state index is 13.3. The van der Waals surface area contributed by atoms with Gasteiger partial charge in [0.1, 0.15) is 11.6 Å². The van der Waals surface area contributed by atoms with Gasteiger partial charge in [-0.25, -0.2) is 14.9 Å². The van der Waals surface area contributed by atoms with Crippen molar-refractivity contribution in [2.75, 3.05) is 18.4 Å². The number of anilines is 1. The molecule has 1 aromatic heterocycles. The Morgan fingerprint density at radius 3 is 2.82 bits per heavy atom. The van der Waals surface area contributed by atoms with Gasteiger partial charge in [0, 0.05) is 31.8 Å². The summed E-state index contributed by atoms with van der Waals surface area (Å²) in [5, 5.41) is 11.8. The Bertz CT molecular complexity index is 792. The van der Waals surface area contributed by atoms with Crippen molar-refractivity contribution < 1.29 is 14.4 Å².